The third kappa shape index (κ3) is 6.21. The number of nitrogens with two attached hydrogens (primary N) is 1. The first-order valence-electron chi connectivity index (χ1n) is 19.6. The number of nitrogens with zero attached hydrogens (tertiary/aromatic N) is 6. The maximum absolute atomic E-state index is 13.8. The molecule has 3 saturated heterocycles. The second kappa shape index (κ2) is 13.7. The fourth-order valence-electron chi connectivity index (χ4n) is 9.29. The Morgan fingerprint density at radius 3 is 2.69 bits per heavy atom. The van der Waals surface area contributed by atoms with Crippen LogP contribution in [0.3, 0.4) is 0 Å². The van der Waals surface area contributed by atoms with Gasteiger partial charge in [0.1, 0.15) is 6.04 Å². The molecule has 12 nitrogen and oxygen atoms in total. The first-order valence-corrected chi connectivity index (χ1v) is 20.5. The molecule has 6 aliphatic rings. The van der Waals surface area contributed by atoms with E-state index < -0.39 is 17.5 Å². The molecule has 5 aliphatic heterocycles. The molecule has 8 heterocycles. The highest BCUT2D eigenvalue weighted by Crippen LogP contribution is 2.46. The van der Waals surface area contributed by atoms with E-state index in [1.165, 1.54) is 27.7 Å². The highest BCUT2D eigenvalue weighted by atomic mass is 32.1. The monoisotopic (exact) mass is 752 g/mol. The number of amides is 1. The van der Waals surface area contributed by atoms with E-state index in [9.17, 15) is 9.59 Å². The number of ether oxygens (including phenoxy) is 2. The molecule has 1 saturated carbocycles. The molecule has 8 bridgehead atoms. The molecule has 1 aliphatic carbocycles. The number of anilines is 1. The molecule has 1 amide bonds. The van der Waals surface area contributed by atoms with E-state index in [4.69, 9.17) is 25.2 Å². The van der Waals surface area contributed by atoms with Crippen LogP contribution < -0.4 is 16.1 Å². The van der Waals surface area contributed by atoms with E-state index >= 15 is 0 Å². The Kier molecular flexibility index (Phi) is 9.08. The number of cyclic esters (lactones) is 1. The summed E-state index contributed by atoms with van der Waals surface area (Å²) in [5.41, 5.74) is 19.4. The van der Waals surface area contributed by atoms with Gasteiger partial charge in [-0.05, 0) is 81.3 Å². The van der Waals surface area contributed by atoms with E-state index in [1.54, 1.807) is 23.5 Å². The van der Waals surface area contributed by atoms with Crippen molar-refractivity contribution in [3.05, 3.63) is 51.6 Å². The molecule has 1 aromatic carbocycles. The van der Waals surface area contributed by atoms with Crippen molar-refractivity contribution in [2.75, 3.05) is 51.8 Å². The van der Waals surface area contributed by atoms with Gasteiger partial charge in [-0.1, -0.05) is 13.8 Å². The van der Waals surface area contributed by atoms with Crippen LogP contribution in [0.1, 0.15) is 68.0 Å². The number of aromatic nitrogens is 3. The summed E-state index contributed by atoms with van der Waals surface area (Å²) in [7, 11) is 3.93. The molecule has 13 heteroatoms. The van der Waals surface area contributed by atoms with E-state index in [-0.39, 0.29) is 36.5 Å². The number of esters is 1. The molecular weight excluding hydrogens is 701 g/mol. The molecule has 3 atom stereocenters. The van der Waals surface area contributed by atoms with Crippen molar-refractivity contribution < 1.29 is 19.1 Å². The molecule has 54 heavy (non-hydrogen) atoms. The molecule has 0 radical (unpaired) electrons. The lowest BCUT2D eigenvalue weighted by Gasteiger charge is -2.53. The Balaban J connectivity index is 1.22. The van der Waals surface area contributed by atoms with Gasteiger partial charge in [0.2, 0.25) is 0 Å². The second-order valence-corrected chi connectivity index (χ2v) is 17.9. The zero-order valence-electron chi connectivity index (χ0n) is 32.1. The van der Waals surface area contributed by atoms with Crippen LogP contribution >= 0.6 is 11.3 Å². The summed E-state index contributed by atoms with van der Waals surface area (Å²) >= 11 is 1.55. The van der Waals surface area contributed by atoms with Crippen molar-refractivity contribution in [1.29, 1.82) is 0 Å². The van der Waals surface area contributed by atoms with Crippen LogP contribution in [0.25, 0.3) is 33.4 Å². The van der Waals surface area contributed by atoms with Gasteiger partial charge in [-0.3, -0.25) is 19.6 Å². The fraction of sp³-hybridized carbons (Fsp3) is 0.561. The summed E-state index contributed by atoms with van der Waals surface area (Å²) in [5, 5.41) is 5.73. The van der Waals surface area contributed by atoms with E-state index in [2.05, 4.69) is 71.2 Å². The lowest BCUT2D eigenvalue weighted by atomic mass is 9.73. The number of methoxy groups -OCH3 is 1. The Bertz CT molecular complexity index is 2110. The quantitative estimate of drug-likeness (QED) is 0.283. The van der Waals surface area contributed by atoms with Gasteiger partial charge >= 0.3 is 5.97 Å². The first-order chi connectivity index (χ1) is 26.0. The fourth-order valence-corrected chi connectivity index (χ4v) is 10.2. The first kappa shape index (κ1) is 35.8. The number of benzene rings is 1. The van der Waals surface area contributed by atoms with Crippen LogP contribution in [0.15, 0.2) is 29.8 Å². The molecule has 10 rings (SSSR count). The SMILES string of the molecule is CO[C@@H](C)c1ncc(N2CCN(C)CC2)cc1-c1c2c3cc(cc4c3n1CCC4)-c1csc(n1)C[C@H](N)C(=O)N1NC(C(=O)OCC(C)(C)C2)C2CC1C2. The number of rotatable bonds is 4. The summed E-state index contributed by atoms with van der Waals surface area (Å²) in [6.45, 7) is 11.5. The minimum atomic E-state index is -0.770. The van der Waals surface area contributed by atoms with Gasteiger partial charge in [-0.15, -0.1) is 11.3 Å². The number of hydrogen-bond acceptors (Lipinski definition) is 11. The number of hydrogen-bond donors (Lipinski definition) is 2. The number of pyridine rings is 1. The summed E-state index contributed by atoms with van der Waals surface area (Å²) in [6, 6.07) is 5.65. The van der Waals surface area contributed by atoms with Crippen LogP contribution in [0, 0.1) is 11.3 Å². The van der Waals surface area contributed by atoms with Crippen molar-refractivity contribution >= 4 is 39.8 Å². The number of carbonyl (C=O) groups is 2. The van der Waals surface area contributed by atoms with Gasteiger partial charge in [0.25, 0.3) is 5.91 Å². The molecule has 4 fully saturated rings. The summed E-state index contributed by atoms with van der Waals surface area (Å²) < 4.78 is 14.7. The lowest BCUT2D eigenvalue weighted by molar-refractivity contribution is -0.170. The topological polar surface area (TPSA) is 131 Å². The Morgan fingerprint density at radius 2 is 1.91 bits per heavy atom. The minimum absolute atomic E-state index is 0.0435. The normalized spacial score (nSPS) is 26.3. The maximum atomic E-state index is 13.8. The molecule has 3 aromatic heterocycles. The largest absolute Gasteiger partial charge is 0.464 e. The molecule has 1 unspecified atom stereocenters. The average molecular weight is 753 g/mol. The zero-order valence-corrected chi connectivity index (χ0v) is 32.9. The molecule has 4 aromatic rings. The highest BCUT2D eigenvalue weighted by Gasteiger charge is 2.51. The van der Waals surface area contributed by atoms with Crippen molar-refractivity contribution in [3.8, 4) is 22.5 Å². The van der Waals surface area contributed by atoms with E-state index in [1.807, 2.05) is 6.20 Å². The van der Waals surface area contributed by atoms with Gasteiger partial charge < -0.3 is 29.6 Å². The van der Waals surface area contributed by atoms with E-state index in [0.29, 0.717) is 12.8 Å². The number of thiazole rings is 1. The standard InChI is InChI=1S/C41H52N8O4S/c1-23(52-5)35-30(17-28(20-43-35)47-11-9-46(4)10-12-47)38-31-19-41(2,3)22-53-40(51)36-26-14-27(15-26)49(45-36)39(50)32(42)18-34-44-33(21-54-34)25-13-24-7-6-8-48(38)37(24)29(31)16-25/h13,16-17,20-21,23,26-27,32,36,45H,6-12,14-15,18-19,22,42H2,1-5H3/t23-,26?,27?,32-,36?/m0/s1. The highest BCUT2D eigenvalue weighted by molar-refractivity contribution is 7.10. The Morgan fingerprint density at radius 1 is 1.11 bits per heavy atom. The number of piperazine rings is 1. The summed E-state index contributed by atoms with van der Waals surface area (Å²) in [6.07, 6.45) is 6.33. The predicted molar refractivity (Wildman–Crippen MR) is 210 cm³/mol. The lowest BCUT2D eigenvalue weighted by Crippen LogP contribution is -2.71. The predicted octanol–water partition coefficient (Wildman–Crippen LogP) is 4.72. The number of carbonyl (C=O) groups excluding carboxylic acids is 2. The summed E-state index contributed by atoms with van der Waals surface area (Å²) in [4.78, 5) is 42.5. The van der Waals surface area contributed by atoms with Crippen LogP contribution in [-0.2, 0) is 44.9 Å². The van der Waals surface area contributed by atoms with Crippen LogP contribution in [0.2, 0.25) is 0 Å². The maximum Gasteiger partial charge on any atom is 0.325 e. The molecule has 0 spiro atoms. The van der Waals surface area contributed by atoms with Crippen LogP contribution in [0.4, 0.5) is 5.69 Å². The number of hydrazine groups is 1. The average Bonchev–Trinajstić information content (AvgIpc) is 3.75. The van der Waals surface area contributed by atoms with Crippen molar-refractivity contribution in [2.24, 2.45) is 17.1 Å². The number of nitrogens with one attached hydrogen (secondary N) is 1. The zero-order chi connectivity index (χ0) is 37.5. The minimum Gasteiger partial charge on any atom is -0.464 e. The van der Waals surface area contributed by atoms with Crippen molar-refractivity contribution in [2.45, 2.75) is 90.1 Å². The van der Waals surface area contributed by atoms with Crippen LogP contribution in [-0.4, -0.2) is 101 Å². The van der Waals surface area contributed by atoms with Gasteiger partial charge in [-0.25, -0.2) is 10.4 Å². The van der Waals surface area contributed by atoms with Crippen LogP contribution in [0.5, 0.6) is 0 Å². The third-order valence-electron chi connectivity index (χ3n) is 12.5. The smallest absolute Gasteiger partial charge is 0.325 e. The van der Waals surface area contributed by atoms with Crippen molar-refractivity contribution in [3.63, 3.8) is 0 Å². The molecule has 286 valence electrons. The van der Waals surface area contributed by atoms with Gasteiger partial charge in [0.05, 0.1) is 58.2 Å². The Labute approximate surface area is 321 Å². The number of likely N-dealkylation sites (N-methyl/N-ethyl adjacent to an activating group) is 1. The van der Waals surface area contributed by atoms with Gasteiger partial charge in [-0.2, -0.15) is 0 Å². The van der Waals surface area contributed by atoms with Gasteiger partial charge in [0.15, 0.2) is 0 Å². The molecule has 3 N–H and O–H groups in total. The van der Waals surface area contributed by atoms with Crippen molar-refractivity contribution in [1.82, 2.24) is 29.9 Å². The molecular formula is C41H52N8O4S. The van der Waals surface area contributed by atoms with Gasteiger partial charge in [0, 0.05) is 79.6 Å². The third-order valence-corrected chi connectivity index (χ3v) is 13.4. The number of aryl methyl sites for hydroxylation is 2. The second-order valence-electron chi connectivity index (χ2n) is 17.0. The summed E-state index contributed by atoms with van der Waals surface area (Å²) in [5.74, 6) is -0.372. The Hall–Kier alpha value is -3.88. The van der Waals surface area contributed by atoms with E-state index in [0.717, 1.165) is 91.6 Å². The number of fused-ring (bicyclic) bond motifs is 4.